The molecule has 5 nitrogen and oxygen atoms in total. The van der Waals surface area contributed by atoms with Gasteiger partial charge in [0, 0.05) is 25.0 Å². The molecular formula is C14H16Cl2N4O. The van der Waals surface area contributed by atoms with Crippen molar-refractivity contribution in [2.75, 3.05) is 5.32 Å². The van der Waals surface area contributed by atoms with Crippen LogP contribution in [0.2, 0.25) is 10.0 Å². The highest BCUT2D eigenvalue weighted by atomic mass is 35.5. The van der Waals surface area contributed by atoms with Crippen molar-refractivity contribution in [2.24, 2.45) is 13.0 Å². The third-order valence-electron chi connectivity index (χ3n) is 3.81. The fraction of sp³-hybridized carbons (Fsp3) is 0.429. The van der Waals surface area contributed by atoms with Crippen LogP contribution in [0, 0.1) is 5.92 Å². The molecule has 1 saturated carbocycles. The van der Waals surface area contributed by atoms with Crippen LogP contribution in [0.1, 0.15) is 24.4 Å². The molecule has 112 valence electrons. The van der Waals surface area contributed by atoms with Crippen molar-refractivity contribution in [2.45, 2.75) is 25.0 Å². The molecule has 0 aliphatic heterocycles. The monoisotopic (exact) mass is 326 g/mol. The number of hydrogen-bond donors (Lipinski definition) is 2. The molecule has 1 aliphatic rings. The Morgan fingerprint density at radius 1 is 1.38 bits per heavy atom. The zero-order valence-electron chi connectivity index (χ0n) is 11.5. The van der Waals surface area contributed by atoms with Gasteiger partial charge in [-0.05, 0) is 24.8 Å². The van der Waals surface area contributed by atoms with Gasteiger partial charge in [0.2, 0.25) is 0 Å². The van der Waals surface area contributed by atoms with Gasteiger partial charge < -0.3 is 10.4 Å². The third-order valence-corrected chi connectivity index (χ3v) is 4.30. The smallest absolute Gasteiger partial charge is 0.145 e. The molecule has 7 heteroatoms. The van der Waals surface area contributed by atoms with Gasteiger partial charge in [-0.3, -0.25) is 4.68 Å². The van der Waals surface area contributed by atoms with Gasteiger partial charge in [0.25, 0.3) is 0 Å². The lowest BCUT2D eigenvalue weighted by molar-refractivity contribution is 0.0339. The van der Waals surface area contributed by atoms with E-state index in [9.17, 15) is 5.11 Å². The average molecular weight is 327 g/mol. The molecule has 21 heavy (non-hydrogen) atoms. The van der Waals surface area contributed by atoms with Gasteiger partial charge in [0.15, 0.2) is 0 Å². The first-order valence-corrected chi connectivity index (χ1v) is 7.52. The molecule has 2 heterocycles. The zero-order valence-corrected chi connectivity index (χ0v) is 13.0. The van der Waals surface area contributed by atoms with Crippen molar-refractivity contribution in [1.82, 2.24) is 14.8 Å². The first kappa shape index (κ1) is 14.6. The largest absolute Gasteiger partial charge is 0.393 e. The Kier molecular flexibility index (Phi) is 4.06. The van der Waals surface area contributed by atoms with Crippen molar-refractivity contribution in [3.8, 4) is 0 Å². The van der Waals surface area contributed by atoms with Crippen molar-refractivity contribution >= 4 is 29.0 Å². The summed E-state index contributed by atoms with van der Waals surface area (Å²) >= 11 is 12.1. The minimum Gasteiger partial charge on any atom is -0.393 e. The van der Waals surface area contributed by atoms with E-state index in [0.717, 1.165) is 18.4 Å². The molecule has 0 amide bonds. The molecule has 1 unspecified atom stereocenters. The number of halogens is 2. The fourth-order valence-corrected chi connectivity index (χ4v) is 3.08. The Balaban J connectivity index is 1.85. The minimum atomic E-state index is -0.218. The quantitative estimate of drug-likeness (QED) is 0.906. The van der Waals surface area contributed by atoms with E-state index in [-0.39, 0.29) is 12.1 Å². The Bertz CT molecular complexity index is 640. The van der Waals surface area contributed by atoms with Crippen molar-refractivity contribution < 1.29 is 5.11 Å². The molecule has 2 aromatic heterocycles. The lowest BCUT2D eigenvalue weighted by Gasteiger charge is -2.38. The van der Waals surface area contributed by atoms with E-state index >= 15 is 0 Å². The Morgan fingerprint density at radius 2 is 2.14 bits per heavy atom. The lowest BCUT2D eigenvalue weighted by atomic mass is 9.75. The highest BCUT2D eigenvalue weighted by molar-refractivity contribution is 6.35. The van der Waals surface area contributed by atoms with E-state index in [1.807, 2.05) is 19.4 Å². The molecule has 1 atom stereocenters. The number of hydrogen-bond acceptors (Lipinski definition) is 4. The van der Waals surface area contributed by atoms with Crippen LogP contribution >= 0.6 is 23.2 Å². The SMILES string of the molecule is Cn1cc(C(Nc2ncc(Cl)cc2Cl)C2CC(O)C2)cn1. The second-order valence-corrected chi connectivity index (χ2v) is 6.28. The lowest BCUT2D eigenvalue weighted by Crippen LogP contribution is -2.36. The zero-order chi connectivity index (χ0) is 15.0. The summed E-state index contributed by atoms with van der Waals surface area (Å²) in [6.45, 7) is 0. The molecule has 0 bridgehead atoms. The highest BCUT2D eigenvalue weighted by Gasteiger charge is 2.35. The van der Waals surface area contributed by atoms with Crippen LogP contribution in [0.5, 0.6) is 0 Å². The van der Waals surface area contributed by atoms with Crippen LogP contribution in [0.25, 0.3) is 0 Å². The summed E-state index contributed by atoms with van der Waals surface area (Å²) in [6, 6.07) is 1.68. The molecule has 2 aromatic rings. The third kappa shape index (κ3) is 3.15. The molecular weight excluding hydrogens is 311 g/mol. The van der Waals surface area contributed by atoms with Crippen LogP contribution in [0.4, 0.5) is 5.82 Å². The topological polar surface area (TPSA) is 63.0 Å². The number of pyridine rings is 1. The van der Waals surface area contributed by atoms with E-state index in [0.29, 0.717) is 21.8 Å². The molecule has 0 saturated heterocycles. The van der Waals surface area contributed by atoms with Crippen molar-refractivity contribution in [1.29, 1.82) is 0 Å². The standard InChI is InChI=1S/C14H16Cl2N4O/c1-20-7-9(5-18-20)13(8-2-11(21)3-8)19-14-12(16)4-10(15)6-17-14/h4-8,11,13,21H,2-3H2,1H3,(H,17,19). The van der Waals surface area contributed by atoms with Crippen LogP contribution in [-0.2, 0) is 7.05 Å². The van der Waals surface area contributed by atoms with E-state index < -0.39 is 0 Å². The summed E-state index contributed by atoms with van der Waals surface area (Å²) in [6.07, 6.45) is 6.66. The summed E-state index contributed by atoms with van der Waals surface area (Å²) in [5, 5.41) is 18.1. The molecule has 0 aromatic carbocycles. The Morgan fingerprint density at radius 3 is 2.71 bits per heavy atom. The van der Waals surface area contributed by atoms with Gasteiger partial charge in [-0.25, -0.2) is 4.98 Å². The summed E-state index contributed by atoms with van der Waals surface area (Å²) in [7, 11) is 1.88. The van der Waals surface area contributed by atoms with E-state index in [1.54, 1.807) is 16.9 Å². The summed E-state index contributed by atoms with van der Waals surface area (Å²) in [5.74, 6) is 0.925. The maximum Gasteiger partial charge on any atom is 0.145 e. The first-order valence-electron chi connectivity index (χ1n) is 6.77. The fourth-order valence-electron chi connectivity index (χ4n) is 2.64. The van der Waals surface area contributed by atoms with Gasteiger partial charge in [-0.1, -0.05) is 23.2 Å². The van der Waals surface area contributed by atoms with Gasteiger partial charge in [0.05, 0.1) is 28.4 Å². The molecule has 1 aliphatic carbocycles. The first-order chi connectivity index (χ1) is 10.0. The van der Waals surface area contributed by atoms with E-state index in [1.165, 1.54) is 0 Å². The maximum absolute atomic E-state index is 9.57. The second-order valence-electron chi connectivity index (χ2n) is 5.44. The number of aromatic nitrogens is 3. The second kappa shape index (κ2) is 5.83. The molecule has 0 radical (unpaired) electrons. The summed E-state index contributed by atoms with van der Waals surface area (Å²) in [5.41, 5.74) is 1.06. The van der Waals surface area contributed by atoms with Gasteiger partial charge in [-0.15, -0.1) is 0 Å². The number of aryl methyl sites for hydroxylation is 1. The van der Waals surface area contributed by atoms with Crippen LogP contribution in [0.15, 0.2) is 24.7 Å². The van der Waals surface area contributed by atoms with Crippen molar-refractivity contribution in [3.63, 3.8) is 0 Å². The maximum atomic E-state index is 9.57. The molecule has 1 fully saturated rings. The molecule has 3 rings (SSSR count). The van der Waals surface area contributed by atoms with Crippen LogP contribution in [-0.4, -0.2) is 26.0 Å². The molecule has 2 N–H and O–H groups in total. The average Bonchev–Trinajstić information content (AvgIpc) is 2.81. The predicted octanol–water partition coefficient (Wildman–Crippen LogP) is 3.05. The number of aliphatic hydroxyl groups excluding tert-OH is 1. The number of aliphatic hydroxyl groups is 1. The Labute approximate surface area is 132 Å². The summed E-state index contributed by atoms with van der Waals surface area (Å²) < 4.78 is 1.76. The summed E-state index contributed by atoms with van der Waals surface area (Å²) in [4.78, 5) is 4.25. The van der Waals surface area contributed by atoms with Crippen molar-refractivity contribution in [3.05, 3.63) is 40.3 Å². The predicted molar refractivity (Wildman–Crippen MR) is 82.6 cm³/mol. The van der Waals surface area contributed by atoms with E-state index in [4.69, 9.17) is 23.2 Å². The van der Waals surface area contributed by atoms with Gasteiger partial charge in [0.1, 0.15) is 5.82 Å². The van der Waals surface area contributed by atoms with Crippen LogP contribution in [0.3, 0.4) is 0 Å². The van der Waals surface area contributed by atoms with E-state index in [2.05, 4.69) is 15.4 Å². The number of nitrogens with zero attached hydrogens (tertiary/aromatic N) is 3. The highest BCUT2D eigenvalue weighted by Crippen LogP contribution is 2.40. The normalized spacial score (nSPS) is 22.7. The number of nitrogens with one attached hydrogen (secondary N) is 1. The Hall–Kier alpha value is -1.30. The molecule has 0 spiro atoms. The number of rotatable bonds is 4. The minimum absolute atomic E-state index is 0.0216. The van der Waals surface area contributed by atoms with Gasteiger partial charge >= 0.3 is 0 Å². The van der Waals surface area contributed by atoms with Crippen LogP contribution < -0.4 is 5.32 Å². The number of anilines is 1. The van der Waals surface area contributed by atoms with Gasteiger partial charge in [-0.2, -0.15) is 5.10 Å².